The molecule has 3 rings (SSSR count). The highest BCUT2D eigenvalue weighted by molar-refractivity contribution is 7.89. The van der Waals surface area contributed by atoms with Crippen molar-refractivity contribution in [3.05, 3.63) is 45.7 Å². The molecule has 164 valence electrons. The summed E-state index contributed by atoms with van der Waals surface area (Å²) in [6, 6.07) is 3.79. The molecule has 1 unspecified atom stereocenters. The third-order valence-electron chi connectivity index (χ3n) is 5.24. The van der Waals surface area contributed by atoms with Crippen LogP contribution in [0.5, 0.6) is 0 Å². The molecular formula is C19H27N5O5S. The smallest absolute Gasteiger partial charge is 0.270 e. The van der Waals surface area contributed by atoms with Crippen LogP contribution in [-0.2, 0) is 16.4 Å². The van der Waals surface area contributed by atoms with Crippen molar-refractivity contribution in [3.63, 3.8) is 0 Å². The number of piperazine rings is 1. The summed E-state index contributed by atoms with van der Waals surface area (Å²) in [6.45, 7) is 9.31. The topological polar surface area (TPSA) is 123 Å². The summed E-state index contributed by atoms with van der Waals surface area (Å²) < 4.78 is 33.3. The molecule has 1 fully saturated rings. The third kappa shape index (κ3) is 4.68. The Labute approximate surface area is 176 Å². The largest absolute Gasteiger partial charge is 0.424 e. The monoisotopic (exact) mass is 437 g/mol. The van der Waals surface area contributed by atoms with E-state index in [-0.39, 0.29) is 29.7 Å². The summed E-state index contributed by atoms with van der Waals surface area (Å²) in [5, 5.41) is 19.3. The van der Waals surface area contributed by atoms with E-state index < -0.39 is 14.9 Å². The van der Waals surface area contributed by atoms with Gasteiger partial charge in [0.25, 0.3) is 5.69 Å². The van der Waals surface area contributed by atoms with Crippen LogP contribution in [0.15, 0.2) is 27.5 Å². The van der Waals surface area contributed by atoms with Crippen molar-refractivity contribution >= 4 is 15.7 Å². The first-order chi connectivity index (χ1) is 14.1. The van der Waals surface area contributed by atoms with Crippen LogP contribution in [0.4, 0.5) is 5.69 Å². The molecule has 1 aromatic carbocycles. The highest BCUT2D eigenvalue weighted by atomic mass is 32.2. The standard InChI is InChI=1S/C19H27N5O5S/c1-13(2)11-18-20-21-19(29-18)15(4)22-7-9-23(10-8-22)30(27,28)17-12-16(24(25)26)6-5-14(17)3/h5-6,12-13,15H,7-11H2,1-4H3. The number of sulfonamides is 1. The second-order valence-corrected chi connectivity index (χ2v) is 9.86. The summed E-state index contributed by atoms with van der Waals surface area (Å²) in [5.74, 6) is 1.55. The first kappa shape index (κ1) is 22.3. The molecule has 0 saturated carbocycles. The van der Waals surface area contributed by atoms with E-state index in [0.717, 1.165) is 6.07 Å². The molecule has 2 aromatic rings. The number of hydrogen-bond acceptors (Lipinski definition) is 8. The van der Waals surface area contributed by atoms with E-state index in [4.69, 9.17) is 4.42 Å². The molecule has 11 heteroatoms. The summed E-state index contributed by atoms with van der Waals surface area (Å²) >= 11 is 0. The van der Waals surface area contributed by atoms with Crippen LogP contribution >= 0.6 is 0 Å². The average molecular weight is 438 g/mol. The molecule has 2 heterocycles. The Morgan fingerprint density at radius 3 is 2.43 bits per heavy atom. The van der Waals surface area contributed by atoms with Gasteiger partial charge in [-0.1, -0.05) is 19.9 Å². The van der Waals surface area contributed by atoms with Crippen LogP contribution in [0.25, 0.3) is 0 Å². The molecule has 1 aromatic heterocycles. The Balaban J connectivity index is 1.69. The molecule has 30 heavy (non-hydrogen) atoms. The van der Waals surface area contributed by atoms with Gasteiger partial charge in [0, 0.05) is 44.7 Å². The van der Waals surface area contributed by atoms with Gasteiger partial charge in [-0.2, -0.15) is 4.31 Å². The van der Waals surface area contributed by atoms with E-state index in [1.54, 1.807) is 6.92 Å². The lowest BCUT2D eigenvalue weighted by molar-refractivity contribution is -0.385. The van der Waals surface area contributed by atoms with E-state index in [1.165, 1.54) is 16.4 Å². The first-order valence-corrected chi connectivity index (χ1v) is 11.3. The predicted octanol–water partition coefficient (Wildman–Crippen LogP) is 2.55. The van der Waals surface area contributed by atoms with Gasteiger partial charge in [-0.25, -0.2) is 8.42 Å². The molecular weight excluding hydrogens is 410 g/mol. The lowest BCUT2D eigenvalue weighted by atomic mass is 10.1. The van der Waals surface area contributed by atoms with Gasteiger partial charge >= 0.3 is 0 Å². The molecule has 1 saturated heterocycles. The zero-order chi connectivity index (χ0) is 22.1. The van der Waals surface area contributed by atoms with Crippen LogP contribution in [-0.4, -0.2) is 58.9 Å². The molecule has 0 N–H and O–H groups in total. The number of non-ortho nitro benzene ring substituents is 1. The first-order valence-electron chi connectivity index (χ1n) is 9.91. The van der Waals surface area contributed by atoms with Crippen LogP contribution in [0.2, 0.25) is 0 Å². The highest BCUT2D eigenvalue weighted by Gasteiger charge is 2.33. The van der Waals surface area contributed by atoms with Gasteiger partial charge in [-0.3, -0.25) is 15.0 Å². The summed E-state index contributed by atoms with van der Waals surface area (Å²) in [5.41, 5.74) is 0.250. The average Bonchev–Trinajstić information content (AvgIpc) is 3.15. The molecule has 0 spiro atoms. The van der Waals surface area contributed by atoms with Gasteiger partial charge in [0.05, 0.1) is 15.9 Å². The molecule has 1 aliphatic heterocycles. The fourth-order valence-corrected chi connectivity index (χ4v) is 5.14. The maximum atomic E-state index is 13.1. The van der Waals surface area contributed by atoms with E-state index in [0.29, 0.717) is 42.8 Å². The van der Waals surface area contributed by atoms with E-state index in [9.17, 15) is 18.5 Å². The van der Waals surface area contributed by atoms with E-state index in [2.05, 4.69) is 28.9 Å². The lowest BCUT2D eigenvalue weighted by Gasteiger charge is -2.36. The molecule has 0 aliphatic carbocycles. The molecule has 0 bridgehead atoms. The van der Waals surface area contributed by atoms with Crippen molar-refractivity contribution in [3.8, 4) is 0 Å². The van der Waals surface area contributed by atoms with Crippen LogP contribution < -0.4 is 0 Å². The zero-order valence-corrected chi connectivity index (χ0v) is 18.4. The minimum atomic E-state index is -3.82. The quantitative estimate of drug-likeness (QED) is 0.478. The lowest BCUT2D eigenvalue weighted by Crippen LogP contribution is -2.49. The summed E-state index contributed by atoms with van der Waals surface area (Å²) in [4.78, 5) is 12.5. The van der Waals surface area contributed by atoms with Gasteiger partial charge in [0.15, 0.2) is 0 Å². The Hall–Kier alpha value is -2.37. The van der Waals surface area contributed by atoms with E-state index in [1.807, 2.05) is 6.92 Å². The van der Waals surface area contributed by atoms with Crippen molar-refractivity contribution in [2.75, 3.05) is 26.2 Å². The second-order valence-electron chi connectivity index (χ2n) is 7.95. The number of hydrogen-bond donors (Lipinski definition) is 0. The van der Waals surface area contributed by atoms with Gasteiger partial charge in [0.2, 0.25) is 21.8 Å². The molecule has 0 radical (unpaired) electrons. The normalized spacial score (nSPS) is 17.4. The maximum Gasteiger partial charge on any atom is 0.270 e. The van der Waals surface area contributed by atoms with Gasteiger partial charge in [0.1, 0.15) is 0 Å². The van der Waals surface area contributed by atoms with Crippen molar-refractivity contribution in [2.45, 2.75) is 45.1 Å². The number of aromatic nitrogens is 2. The summed E-state index contributed by atoms with van der Waals surface area (Å²) in [7, 11) is -3.82. The molecule has 10 nitrogen and oxygen atoms in total. The highest BCUT2D eigenvalue weighted by Crippen LogP contribution is 2.27. The number of nitro groups is 1. The number of rotatable bonds is 7. The summed E-state index contributed by atoms with van der Waals surface area (Å²) in [6.07, 6.45) is 0.717. The fraction of sp³-hybridized carbons (Fsp3) is 0.579. The van der Waals surface area contributed by atoms with Crippen molar-refractivity contribution in [1.82, 2.24) is 19.4 Å². The van der Waals surface area contributed by atoms with Crippen LogP contribution in [0.1, 0.15) is 44.2 Å². The number of nitrogens with zero attached hydrogens (tertiary/aromatic N) is 5. The molecule has 0 amide bonds. The number of benzene rings is 1. The minimum Gasteiger partial charge on any atom is -0.424 e. The van der Waals surface area contributed by atoms with Gasteiger partial charge in [-0.15, -0.1) is 10.2 Å². The SMILES string of the molecule is Cc1ccc([N+](=O)[O-])cc1S(=O)(=O)N1CCN(C(C)c2nnc(CC(C)C)o2)CC1. The maximum absolute atomic E-state index is 13.1. The van der Waals surface area contributed by atoms with Crippen molar-refractivity contribution in [2.24, 2.45) is 5.92 Å². The molecule has 1 atom stereocenters. The Morgan fingerprint density at radius 1 is 1.17 bits per heavy atom. The predicted molar refractivity (Wildman–Crippen MR) is 109 cm³/mol. The second kappa shape index (κ2) is 8.78. The van der Waals surface area contributed by atoms with Crippen LogP contribution in [0, 0.1) is 23.0 Å². The Kier molecular flexibility index (Phi) is 6.53. The third-order valence-corrected chi connectivity index (χ3v) is 7.28. The number of aryl methyl sites for hydroxylation is 1. The zero-order valence-electron chi connectivity index (χ0n) is 17.6. The fourth-order valence-electron chi connectivity index (χ4n) is 3.47. The van der Waals surface area contributed by atoms with Crippen molar-refractivity contribution < 1.29 is 17.8 Å². The molecule has 1 aliphatic rings. The van der Waals surface area contributed by atoms with Crippen molar-refractivity contribution in [1.29, 1.82) is 0 Å². The number of nitro benzene ring substituents is 1. The van der Waals surface area contributed by atoms with Crippen LogP contribution in [0.3, 0.4) is 0 Å². The Bertz CT molecular complexity index is 1010. The Morgan fingerprint density at radius 2 is 1.83 bits per heavy atom. The van der Waals surface area contributed by atoms with Gasteiger partial charge < -0.3 is 4.42 Å². The van der Waals surface area contributed by atoms with E-state index >= 15 is 0 Å². The minimum absolute atomic E-state index is 0.0200. The van der Waals surface area contributed by atoms with Gasteiger partial charge in [-0.05, 0) is 25.3 Å².